The predicted octanol–water partition coefficient (Wildman–Crippen LogP) is 3.50. The third kappa shape index (κ3) is 8.45. The number of hydrogen-bond donors (Lipinski definition) is 5. The van der Waals surface area contributed by atoms with Gasteiger partial charge in [0.05, 0.1) is 18.2 Å². The Morgan fingerprint density at radius 1 is 1.10 bits per heavy atom. The number of rotatable bonds is 13. The van der Waals surface area contributed by atoms with Crippen LogP contribution in [0.15, 0.2) is 71.2 Å². The number of ether oxygens (including phenoxy) is 1. The lowest BCUT2D eigenvalue weighted by Gasteiger charge is -2.25. The molecule has 212 valence electrons. The number of halogens is 2. The molecule has 0 aliphatic carbocycles. The number of carboxylic acids is 1. The molecule has 12 heteroatoms. The SMILES string of the molecule is N[C@@H](CO)C(=O)N(CC(=O)N[C@@H](CS)C(=O)O)Cc1ccc(OCc2cccc(-c3ccccc3)c2Br)c(Cl)c1. The number of carbonyl (C=O) groups is 3. The number of carbonyl (C=O) groups excluding carboxylic acids is 2. The fraction of sp³-hybridized carbons (Fsp3) is 0.250. The second-order valence-electron chi connectivity index (χ2n) is 8.82. The average molecular weight is 651 g/mol. The van der Waals surface area contributed by atoms with E-state index in [1.807, 2.05) is 48.5 Å². The lowest BCUT2D eigenvalue weighted by Crippen LogP contribution is -2.51. The number of aliphatic carboxylic acids is 1. The zero-order chi connectivity index (χ0) is 29.2. The molecule has 3 aromatic carbocycles. The molecule has 0 radical (unpaired) electrons. The Bertz CT molecular complexity index is 1350. The molecule has 0 aliphatic heterocycles. The minimum absolute atomic E-state index is 0.0662. The first kappa shape index (κ1) is 31.4. The number of nitrogens with zero attached hydrogens (tertiary/aromatic N) is 1. The van der Waals surface area contributed by atoms with Gasteiger partial charge in [0.25, 0.3) is 0 Å². The lowest BCUT2D eigenvalue weighted by atomic mass is 10.0. The fourth-order valence-corrected chi connectivity index (χ4v) is 4.90. The molecule has 0 aliphatic rings. The number of aliphatic hydroxyl groups excluding tert-OH is 1. The Morgan fingerprint density at radius 2 is 1.82 bits per heavy atom. The molecule has 2 amide bonds. The Kier molecular flexibility index (Phi) is 11.8. The molecule has 5 N–H and O–H groups in total. The molecule has 9 nitrogen and oxygen atoms in total. The number of hydrogen-bond acceptors (Lipinski definition) is 7. The molecule has 0 fully saturated rings. The molecule has 2 atom stereocenters. The van der Waals surface area contributed by atoms with Gasteiger partial charge in [-0.2, -0.15) is 12.6 Å². The summed E-state index contributed by atoms with van der Waals surface area (Å²) in [7, 11) is 0. The number of benzene rings is 3. The van der Waals surface area contributed by atoms with Crippen LogP contribution in [0.25, 0.3) is 11.1 Å². The van der Waals surface area contributed by atoms with E-state index in [-0.39, 0.29) is 23.9 Å². The van der Waals surface area contributed by atoms with Gasteiger partial charge in [0, 0.05) is 22.3 Å². The van der Waals surface area contributed by atoms with Crippen molar-refractivity contribution in [3.8, 4) is 16.9 Å². The van der Waals surface area contributed by atoms with E-state index >= 15 is 0 Å². The van der Waals surface area contributed by atoms with E-state index in [0.717, 1.165) is 26.1 Å². The van der Waals surface area contributed by atoms with Crippen molar-refractivity contribution in [1.29, 1.82) is 0 Å². The van der Waals surface area contributed by atoms with E-state index < -0.39 is 43.0 Å². The normalized spacial score (nSPS) is 12.3. The molecule has 0 spiro atoms. The lowest BCUT2D eigenvalue weighted by molar-refractivity contribution is -0.142. The van der Waals surface area contributed by atoms with Crippen LogP contribution in [0.1, 0.15) is 11.1 Å². The molecular weight excluding hydrogens is 622 g/mol. The summed E-state index contributed by atoms with van der Waals surface area (Å²) in [5.41, 5.74) is 9.29. The largest absolute Gasteiger partial charge is 0.487 e. The van der Waals surface area contributed by atoms with Crippen LogP contribution in [0.2, 0.25) is 5.02 Å². The number of nitrogens with two attached hydrogens (primary N) is 1. The van der Waals surface area contributed by atoms with Crippen LogP contribution in [-0.4, -0.2) is 63.9 Å². The summed E-state index contributed by atoms with van der Waals surface area (Å²) in [6.07, 6.45) is 0. The minimum Gasteiger partial charge on any atom is -0.487 e. The first-order valence-corrected chi connectivity index (χ1v) is 14.0. The van der Waals surface area contributed by atoms with Gasteiger partial charge in [-0.05, 0) is 44.8 Å². The van der Waals surface area contributed by atoms with Crippen LogP contribution < -0.4 is 15.8 Å². The van der Waals surface area contributed by atoms with Crippen LogP contribution in [0, 0.1) is 0 Å². The minimum atomic E-state index is -1.26. The topological polar surface area (TPSA) is 142 Å². The molecule has 0 saturated carbocycles. The molecule has 0 saturated heterocycles. The Balaban J connectivity index is 1.72. The molecule has 40 heavy (non-hydrogen) atoms. The zero-order valence-electron chi connectivity index (χ0n) is 21.3. The highest BCUT2D eigenvalue weighted by molar-refractivity contribution is 9.10. The first-order valence-electron chi connectivity index (χ1n) is 12.2. The van der Waals surface area contributed by atoms with Crippen LogP contribution in [0.3, 0.4) is 0 Å². The van der Waals surface area contributed by atoms with Crippen molar-refractivity contribution in [3.05, 3.63) is 87.4 Å². The van der Waals surface area contributed by atoms with Gasteiger partial charge in [-0.15, -0.1) is 0 Å². The van der Waals surface area contributed by atoms with Crippen molar-refractivity contribution in [2.45, 2.75) is 25.2 Å². The van der Waals surface area contributed by atoms with Crippen LogP contribution in [0.4, 0.5) is 0 Å². The smallest absolute Gasteiger partial charge is 0.327 e. The highest BCUT2D eigenvalue weighted by Crippen LogP contribution is 2.33. The van der Waals surface area contributed by atoms with Gasteiger partial charge in [0.15, 0.2) is 0 Å². The van der Waals surface area contributed by atoms with Gasteiger partial charge in [-0.3, -0.25) is 9.59 Å². The molecule has 0 heterocycles. The van der Waals surface area contributed by atoms with E-state index in [2.05, 4.69) is 33.9 Å². The summed E-state index contributed by atoms with van der Waals surface area (Å²) >= 11 is 14.1. The second kappa shape index (κ2) is 15.1. The van der Waals surface area contributed by atoms with Crippen LogP contribution in [0.5, 0.6) is 5.75 Å². The molecular formula is C28H29BrClN3O6S. The number of thiol groups is 1. The van der Waals surface area contributed by atoms with Gasteiger partial charge >= 0.3 is 5.97 Å². The van der Waals surface area contributed by atoms with E-state index in [1.54, 1.807) is 18.2 Å². The maximum Gasteiger partial charge on any atom is 0.327 e. The van der Waals surface area contributed by atoms with Crippen molar-refractivity contribution in [2.75, 3.05) is 18.9 Å². The van der Waals surface area contributed by atoms with Gasteiger partial charge in [0.2, 0.25) is 11.8 Å². The maximum absolute atomic E-state index is 12.7. The maximum atomic E-state index is 12.7. The van der Waals surface area contributed by atoms with Gasteiger partial charge < -0.3 is 30.9 Å². The molecule has 3 rings (SSSR count). The molecule has 0 aromatic heterocycles. The number of carboxylic acid groups (broad SMARTS) is 1. The summed E-state index contributed by atoms with van der Waals surface area (Å²) in [5, 5.41) is 21.1. The van der Waals surface area contributed by atoms with Gasteiger partial charge in [-0.25, -0.2) is 4.79 Å². The summed E-state index contributed by atoms with van der Waals surface area (Å²) in [6.45, 7) is -0.929. The number of amides is 2. The van der Waals surface area contributed by atoms with Gasteiger partial charge in [-0.1, -0.05) is 66.2 Å². The molecule has 0 bridgehead atoms. The number of aliphatic hydroxyl groups is 1. The van der Waals surface area contributed by atoms with Crippen molar-refractivity contribution in [3.63, 3.8) is 0 Å². The van der Waals surface area contributed by atoms with Crippen molar-refractivity contribution in [2.24, 2.45) is 5.73 Å². The monoisotopic (exact) mass is 649 g/mol. The Morgan fingerprint density at radius 3 is 2.45 bits per heavy atom. The quantitative estimate of drug-likeness (QED) is 0.178. The predicted molar refractivity (Wildman–Crippen MR) is 159 cm³/mol. The standard InChI is InChI=1S/C28H29BrClN3O6S/c29-26-19(7-4-8-20(26)18-5-2-1-3-6-18)15-39-24-10-9-17(11-21(24)30)12-33(27(36)22(31)14-34)13-25(35)32-23(16-40)28(37)38/h1-11,22-23,34,40H,12-16,31H2,(H,32,35)(H,37,38)/t22-,23-/m0/s1. The van der Waals surface area contributed by atoms with Crippen LogP contribution in [-0.2, 0) is 27.5 Å². The fourth-order valence-electron chi connectivity index (χ4n) is 3.79. The Hall–Kier alpha value is -3.09. The highest BCUT2D eigenvalue weighted by Gasteiger charge is 2.25. The van der Waals surface area contributed by atoms with E-state index in [0.29, 0.717) is 11.3 Å². The van der Waals surface area contributed by atoms with Gasteiger partial charge in [0.1, 0.15) is 24.4 Å². The number of nitrogens with one attached hydrogen (secondary N) is 1. The van der Waals surface area contributed by atoms with Crippen molar-refractivity contribution >= 4 is 57.9 Å². The summed E-state index contributed by atoms with van der Waals surface area (Å²) in [5.74, 6) is -2.36. The van der Waals surface area contributed by atoms with E-state index in [4.69, 9.17) is 27.2 Å². The summed E-state index contributed by atoms with van der Waals surface area (Å²) in [6, 6.07) is 18.3. The zero-order valence-corrected chi connectivity index (χ0v) is 24.5. The average Bonchev–Trinajstić information content (AvgIpc) is 2.95. The van der Waals surface area contributed by atoms with Crippen molar-refractivity contribution < 1.29 is 29.3 Å². The summed E-state index contributed by atoms with van der Waals surface area (Å²) in [4.78, 5) is 37.5. The van der Waals surface area contributed by atoms with E-state index in [9.17, 15) is 19.5 Å². The third-order valence-electron chi connectivity index (χ3n) is 5.89. The molecule has 0 unspecified atom stereocenters. The third-order valence-corrected chi connectivity index (χ3v) is 7.49. The highest BCUT2D eigenvalue weighted by atomic mass is 79.9. The second-order valence-corrected chi connectivity index (χ2v) is 10.4. The Labute approximate surface area is 250 Å². The molecule has 3 aromatic rings. The van der Waals surface area contributed by atoms with Crippen molar-refractivity contribution in [1.82, 2.24) is 10.2 Å². The summed E-state index contributed by atoms with van der Waals surface area (Å²) < 4.78 is 6.89. The first-order chi connectivity index (χ1) is 19.1. The van der Waals surface area contributed by atoms with Crippen LogP contribution >= 0.6 is 40.2 Å². The van der Waals surface area contributed by atoms with E-state index in [1.165, 1.54) is 0 Å².